The number of aryl methyl sites for hydroxylation is 2. The zero-order chi connectivity index (χ0) is 25.0. The van der Waals surface area contributed by atoms with Gasteiger partial charge in [-0.2, -0.15) is 14.6 Å². The Kier molecular flexibility index (Phi) is 5.44. The topological polar surface area (TPSA) is 89.6 Å². The van der Waals surface area contributed by atoms with E-state index in [1.807, 2.05) is 19.2 Å². The van der Waals surface area contributed by atoms with Crippen LogP contribution in [0.3, 0.4) is 0 Å². The number of pyridine rings is 1. The molecule has 1 aliphatic carbocycles. The van der Waals surface area contributed by atoms with E-state index in [0.29, 0.717) is 30.2 Å². The van der Waals surface area contributed by atoms with Crippen molar-refractivity contribution < 1.29 is 18.3 Å². The lowest BCUT2D eigenvalue weighted by atomic mass is 10.00. The molecule has 1 aromatic carbocycles. The van der Waals surface area contributed by atoms with Crippen molar-refractivity contribution in [2.75, 3.05) is 36.5 Å². The van der Waals surface area contributed by atoms with Crippen LogP contribution >= 0.6 is 0 Å². The SMILES string of the molecule is Cc1nc2c(N3CCOCC3)cc(-c3cc(NC(=O)c4cnn(C5CC5)c4F)c(F)cc3C)cn2n1. The Labute approximate surface area is 205 Å². The van der Waals surface area contributed by atoms with Gasteiger partial charge in [0.15, 0.2) is 5.65 Å². The van der Waals surface area contributed by atoms with Gasteiger partial charge in [-0.15, -0.1) is 0 Å². The number of carbonyl (C=O) groups excluding carboxylic acids is 1. The monoisotopic (exact) mass is 493 g/mol. The highest BCUT2D eigenvalue weighted by Gasteiger charge is 2.30. The molecule has 0 bridgehead atoms. The third-order valence-electron chi connectivity index (χ3n) is 6.62. The van der Waals surface area contributed by atoms with E-state index in [-0.39, 0.29) is 17.3 Å². The summed E-state index contributed by atoms with van der Waals surface area (Å²) in [5, 5.41) is 11.0. The number of hydrogen-bond donors (Lipinski definition) is 1. The second kappa shape index (κ2) is 8.66. The standard InChI is InChI=1S/C25H25F2N7O2/c1-14-9-20(26)21(30-25(35)19-12-28-34(23(19)27)17-3-4-17)11-18(14)16-10-22(32-5-7-36-8-6-32)24-29-15(2)31-33(24)13-16/h9-13,17H,3-8H2,1-2H3,(H,30,35). The minimum absolute atomic E-state index is 0.00901. The van der Waals surface area contributed by atoms with Crippen LogP contribution in [0.1, 0.15) is 40.6 Å². The molecule has 4 heterocycles. The van der Waals surface area contributed by atoms with Gasteiger partial charge in [0.05, 0.1) is 36.8 Å². The number of benzene rings is 1. The van der Waals surface area contributed by atoms with Gasteiger partial charge >= 0.3 is 0 Å². The highest BCUT2D eigenvalue weighted by Crippen LogP contribution is 2.36. The van der Waals surface area contributed by atoms with E-state index >= 15 is 0 Å². The van der Waals surface area contributed by atoms with E-state index in [1.165, 1.54) is 16.9 Å². The smallest absolute Gasteiger partial charge is 0.262 e. The van der Waals surface area contributed by atoms with Gasteiger partial charge in [-0.1, -0.05) is 0 Å². The number of nitrogens with zero attached hydrogens (tertiary/aromatic N) is 6. The largest absolute Gasteiger partial charge is 0.378 e. The van der Waals surface area contributed by atoms with Gasteiger partial charge in [-0.05, 0) is 56.0 Å². The summed E-state index contributed by atoms with van der Waals surface area (Å²) in [5.41, 5.74) is 3.57. The van der Waals surface area contributed by atoms with E-state index in [0.717, 1.165) is 42.8 Å². The molecule has 0 radical (unpaired) electrons. The summed E-state index contributed by atoms with van der Waals surface area (Å²) < 4.78 is 38.0. The van der Waals surface area contributed by atoms with E-state index in [1.54, 1.807) is 17.5 Å². The van der Waals surface area contributed by atoms with Crippen molar-refractivity contribution in [3.8, 4) is 11.1 Å². The molecule has 2 fully saturated rings. The zero-order valence-corrected chi connectivity index (χ0v) is 20.0. The van der Waals surface area contributed by atoms with Gasteiger partial charge < -0.3 is 15.0 Å². The molecule has 1 amide bonds. The van der Waals surface area contributed by atoms with Gasteiger partial charge in [0, 0.05) is 24.8 Å². The summed E-state index contributed by atoms with van der Waals surface area (Å²) in [6.07, 6.45) is 4.69. The number of halogens is 2. The molecule has 1 N–H and O–H groups in total. The molecule has 1 saturated heterocycles. The number of amides is 1. The van der Waals surface area contributed by atoms with Crippen LogP contribution in [0.2, 0.25) is 0 Å². The number of ether oxygens (including phenoxy) is 1. The summed E-state index contributed by atoms with van der Waals surface area (Å²) in [5.74, 6) is -1.42. The molecule has 36 heavy (non-hydrogen) atoms. The minimum atomic E-state index is -0.746. The molecule has 9 nitrogen and oxygen atoms in total. The molecule has 11 heteroatoms. The summed E-state index contributed by atoms with van der Waals surface area (Å²) in [6.45, 7) is 6.29. The van der Waals surface area contributed by atoms with Crippen LogP contribution in [0.15, 0.2) is 30.6 Å². The fraction of sp³-hybridized carbons (Fsp3) is 0.360. The number of morpholine rings is 1. The number of anilines is 2. The number of carbonyl (C=O) groups is 1. The van der Waals surface area contributed by atoms with Crippen molar-refractivity contribution in [2.45, 2.75) is 32.7 Å². The molecule has 0 atom stereocenters. The summed E-state index contributed by atoms with van der Waals surface area (Å²) >= 11 is 0. The van der Waals surface area contributed by atoms with Crippen molar-refractivity contribution >= 4 is 22.9 Å². The Hall–Kier alpha value is -3.86. The van der Waals surface area contributed by atoms with E-state index < -0.39 is 17.7 Å². The Morgan fingerprint density at radius 2 is 1.92 bits per heavy atom. The van der Waals surface area contributed by atoms with Crippen LogP contribution in [-0.2, 0) is 4.74 Å². The zero-order valence-electron chi connectivity index (χ0n) is 20.0. The molecule has 0 spiro atoms. The number of rotatable bonds is 5. The third-order valence-corrected chi connectivity index (χ3v) is 6.62. The molecule has 1 aliphatic heterocycles. The maximum atomic E-state index is 14.9. The number of nitrogens with one attached hydrogen (secondary N) is 1. The Balaban J connectivity index is 1.38. The Morgan fingerprint density at radius 3 is 2.67 bits per heavy atom. The van der Waals surface area contributed by atoms with Crippen molar-refractivity contribution in [3.63, 3.8) is 0 Å². The van der Waals surface area contributed by atoms with Gasteiger partial charge in [-0.25, -0.2) is 18.6 Å². The van der Waals surface area contributed by atoms with Crippen molar-refractivity contribution in [1.82, 2.24) is 24.4 Å². The second-order valence-electron chi connectivity index (χ2n) is 9.27. The fourth-order valence-corrected chi connectivity index (χ4v) is 4.60. The lowest BCUT2D eigenvalue weighted by Crippen LogP contribution is -2.36. The number of aromatic nitrogens is 5. The van der Waals surface area contributed by atoms with Gasteiger partial charge in [0.25, 0.3) is 5.91 Å². The average molecular weight is 494 g/mol. The predicted octanol–water partition coefficient (Wildman–Crippen LogP) is 3.91. The van der Waals surface area contributed by atoms with Gasteiger partial charge in [0.1, 0.15) is 17.2 Å². The maximum Gasteiger partial charge on any atom is 0.262 e. The Morgan fingerprint density at radius 1 is 1.14 bits per heavy atom. The molecular weight excluding hydrogens is 468 g/mol. The first-order valence-corrected chi connectivity index (χ1v) is 11.9. The minimum Gasteiger partial charge on any atom is -0.378 e. The number of fused-ring (bicyclic) bond motifs is 1. The van der Waals surface area contributed by atoms with Crippen LogP contribution in [0.4, 0.5) is 20.2 Å². The first kappa shape index (κ1) is 22.6. The molecule has 3 aromatic heterocycles. The summed E-state index contributed by atoms with van der Waals surface area (Å²) in [4.78, 5) is 19.6. The summed E-state index contributed by atoms with van der Waals surface area (Å²) in [7, 11) is 0. The van der Waals surface area contributed by atoms with Gasteiger partial charge in [0.2, 0.25) is 5.95 Å². The number of hydrogen-bond acceptors (Lipinski definition) is 6. The first-order valence-electron chi connectivity index (χ1n) is 11.9. The van der Waals surface area contributed by atoms with Crippen LogP contribution in [0.5, 0.6) is 0 Å². The normalized spacial score (nSPS) is 16.1. The quantitative estimate of drug-likeness (QED) is 0.454. The van der Waals surface area contributed by atoms with E-state index in [4.69, 9.17) is 4.74 Å². The second-order valence-corrected chi connectivity index (χ2v) is 9.27. The predicted molar refractivity (Wildman–Crippen MR) is 129 cm³/mol. The molecule has 6 rings (SSSR count). The van der Waals surface area contributed by atoms with Crippen LogP contribution < -0.4 is 10.2 Å². The molecule has 1 saturated carbocycles. The van der Waals surface area contributed by atoms with Crippen LogP contribution in [0, 0.1) is 25.6 Å². The third kappa shape index (κ3) is 3.98. The maximum absolute atomic E-state index is 14.9. The molecule has 4 aromatic rings. The lowest BCUT2D eigenvalue weighted by Gasteiger charge is -2.29. The molecule has 2 aliphatic rings. The van der Waals surface area contributed by atoms with Crippen LogP contribution in [0.25, 0.3) is 16.8 Å². The first-order chi connectivity index (χ1) is 17.4. The van der Waals surface area contributed by atoms with Gasteiger partial charge in [-0.3, -0.25) is 4.79 Å². The average Bonchev–Trinajstić information content (AvgIpc) is 3.52. The van der Waals surface area contributed by atoms with Crippen molar-refractivity contribution in [2.24, 2.45) is 0 Å². The van der Waals surface area contributed by atoms with Crippen LogP contribution in [-0.4, -0.2) is 56.6 Å². The van der Waals surface area contributed by atoms with Crippen molar-refractivity contribution in [3.05, 3.63) is 59.3 Å². The molecular formula is C25H25F2N7O2. The molecule has 0 unspecified atom stereocenters. The highest BCUT2D eigenvalue weighted by atomic mass is 19.1. The summed E-state index contributed by atoms with van der Waals surface area (Å²) in [6, 6.07) is 4.92. The van der Waals surface area contributed by atoms with Crippen molar-refractivity contribution in [1.29, 1.82) is 0 Å². The van der Waals surface area contributed by atoms with E-state index in [9.17, 15) is 13.6 Å². The fourth-order valence-electron chi connectivity index (χ4n) is 4.60. The highest BCUT2D eigenvalue weighted by molar-refractivity contribution is 6.04. The molecule has 186 valence electrons. The van der Waals surface area contributed by atoms with E-state index in [2.05, 4.69) is 25.4 Å². The lowest BCUT2D eigenvalue weighted by molar-refractivity contribution is 0.102. The Bertz CT molecular complexity index is 1490.